The van der Waals surface area contributed by atoms with Crippen LogP contribution in [0.1, 0.15) is 102 Å². The first kappa shape index (κ1) is 26.0. The fourth-order valence-corrected chi connectivity index (χ4v) is 4.01. The zero-order chi connectivity index (χ0) is 22.9. The van der Waals surface area contributed by atoms with Gasteiger partial charge in [-0.2, -0.15) is 0 Å². The molecule has 2 aromatic carbocycles. The Bertz CT molecular complexity index is 705. The van der Waals surface area contributed by atoms with E-state index in [0.29, 0.717) is 11.5 Å². The van der Waals surface area contributed by atoms with Crippen LogP contribution in [0.5, 0.6) is 11.5 Å². The summed E-state index contributed by atoms with van der Waals surface area (Å²) in [5, 5.41) is 0. The molecule has 0 aliphatic carbocycles. The first-order valence-electron chi connectivity index (χ1n) is 12.8. The van der Waals surface area contributed by atoms with Crippen LogP contribution in [-0.4, -0.2) is 6.16 Å². The number of aryl methyl sites for hydroxylation is 2. The van der Waals surface area contributed by atoms with Gasteiger partial charge in [0, 0.05) is 0 Å². The summed E-state index contributed by atoms with van der Waals surface area (Å²) in [6.45, 7) is 4.47. The first-order valence-corrected chi connectivity index (χ1v) is 12.8. The second-order valence-corrected chi connectivity index (χ2v) is 8.71. The third kappa shape index (κ3) is 10.3. The molecule has 2 aromatic rings. The molecule has 0 saturated heterocycles. The smallest absolute Gasteiger partial charge is 0.394 e. The lowest BCUT2D eigenvalue weighted by Crippen LogP contribution is -2.15. The van der Waals surface area contributed by atoms with Crippen LogP contribution >= 0.6 is 0 Å². The number of carbonyl (C=O) groups excluding carboxylic acids is 1. The average molecular weight is 439 g/mol. The monoisotopic (exact) mass is 438 g/mol. The molecule has 0 radical (unpaired) electrons. The van der Waals surface area contributed by atoms with Crippen molar-refractivity contribution in [1.29, 1.82) is 0 Å². The maximum Gasteiger partial charge on any atom is 0.519 e. The lowest BCUT2D eigenvalue weighted by Gasteiger charge is -2.12. The predicted molar refractivity (Wildman–Crippen MR) is 134 cm³/mol. The minimum atomic E-state index is -0.657. The van der Waals surface area contributed by atoms with Gasteiger partial charge in [0.25, 0.3) is 0 Å². The van der Waals surface area contributed by atoms with E-state index < -0.39 is 6.16 Å². The van der Waals surface area contributed by atoms with Gasteiger partial charge in [0.1, 0.15) is 11.5 Å². The number of ether oxygens (including phenoxy) is 2. The van der Waals surface area contributed by atoms with E-state index in [1.54, 1.807) is 0 Å². The molecule has 0 unspecified atom stereocenters. The molecule has 3 nitrogen and oxygen atoms in total. The van der Waals surface area contributed by atoms with Crippen LogP contribution in [0.25, 0.3) is 0 Å². The van der Waals surface area contributed by atoms with E-state index in [-0.39, 0.29) is 0 Å². The van der Waals surface area contributed by atoms with Gasteiger partial charge in [0.05, 0.1) is 0 Å². The normalized spacial score (nSPS) is 10.8. The molecule has 3 heteroatoms. The SMILES string of the molecule is CCCCCCCCc1ccccc1OC(=O)Oc1ccccc1CCCCCCCC. The third-order valence-electron chi connectivity index (χ3n) is 5.93. The van der Waals surface area contributed by atoms with Gasteiger partial charge in [-0.15, -0.1) is 0 Å². The lowest BCUT2D eigenvalue weighted by molar-refractivity contribution is 0.151. The quantitative estimate of drug-likeness (QED) is 0.149. The van der Waals surface area contributed by atoms with Crippen LogP contribution in [0.2, 0.25) is 0 Å². The summed E-state index contributed by atoms with van der Waals surface area (Å²) in [7, 11) is 0. The Balaban J connectivity index is 1.84. The standard InChI is InChI=1S/C29H42O3/c1-3-5-7-9-11-13-19-25-21-15-17-23-27(25)31-29(30)32-28-24-18-16-22-26(28)20-14-12-10-8-6-4-2/h15-18,21-24H,3-14,19-20H2,1-2H3. The van der Waals surface area contributed by atoms with Crippen LogP contribution in [0, 0.1) is 0 Å². The number of unbranched alkanes of at least 4 members (excludes halogenated alkanes) is 10. The lowest BCUT2D eigenvalue weighted by atomic mass is 10.0. The summed E-state index contributed by atoms with van der Waals surface area (Å²) < 4.78 is 11.2. The molecule has 0 aliphatic heterocycles. The number of para-hydroxylation sites is 2. The summed E-state index contributed by atoms with van der Waals surface area (Å²) in [6.07, 6.45) is 16.1. The highest BCUT2D eigenvalue weighted by Gasteiger charge is 2.13. The fourth-order valence-electron chi connectivity index (χ4n) is 4.01. The summed E-state index contributed by atoms with van der Waals surface area (Å²) in [6, 6.07) is 15.6. The first-order chi connectivity index (χ1) is 15.7. The largest absolute Gasteiger partial charge is 0.519 e. The van der Waals surface area contributed by atoms with Crippen LogP contribution in [0.15, 0.2) is 48.5 Å². The minimum Gasteiger partial charge on any atom is -0.394 e. The molecule has 176 valence electrons. The summed E-state index contributed by atoms with van der Waals surface area (Å²) in [5.74, 6) is 1.22. The maximum atomic E-state index is 12.5. The molecule has 0 heterocycles. The Hall–Kier alpha value is -2.29. The van der Waals surface area contributed by atoms with E-state index in [1.807, 2.05) is 48.5 Å². The highest BCUT2D eigenvalue weighted by Crippen LogP contribution is 2.24. The van der Waals surface area contributed by atoms with Crippen molar-refractivity contribution < 1.29 is 14.3 Å². The van der Waals surface area contributed by atoms with E-state index in [9.17, 15) is 4.79 Å². The van der Waals surface area contributed by atoms with E-state index in [0.717, 1.165) is 36.8 Å². The zero-order valence-electron chi connectivity index (χ0n) is 20.2. The molecule has 0 bridgehead atoms. The van der Waals surface area contributed by atoms with Crippen molar-refractivity contribution >= 4 is 6.16 Å². The molecule has 2 rings (SSSR count). The number of rotatable bonds is 16. The summed E-state index contributed by atoms with van der Waals surface area (Å²) in [4.78, 5) is 12.5. The molecule has 0 aromatic heterocycles. The number of hydrogen-bond acceptors (Lipinski definition) is 3. The van der Waals surface area contributed by atoms with Crippen LogP contribution in [0.4, 0.5) is 4.79 Å². The van der Waals surface area contributed by atoms with Gasteiger partial charge in [-0.3, -0.25) is 0 Å². The highest BCUT2D eigenvalue weighted by atomic mass is 16.7. The molecular weight excluding hydrogens is 396 g/mol. The number of hydrogen-bond donors (Lipinski definition) is 0. The van der Waals surface area contributed by atoms with Gasteiger partial charge in [0.2, 0.25) is 0 Å². The van der Waals surface area contributed by atoms with Crippen molar-refractivity contribution in [2.75, 3.05) is 0 Å². The second-order valence-electron chi connectivity index (χ2n) is 8.71. The Morgan fingerprint density at radius 3 is 1.38 bits per heavy atom. The zero-order valence-corrected chi connectivity index (χ0v) is 20.2. The molecular formula is C29H42O3. The van der Waals surface area contributed by atoms with Gasteiger partial charge in [0.15, 0.2) is 0 Å². The molecule has 0 atom stereocenters. The summed E-state index contributed by atoms with van der Waals surface area (Å²) >= 11 is 0. The average Bonchev–Trinajstić information content (AvgIpc) is 2.80. The Kier molecular flexibility index (Phi) is 13.3. The molecule has 0 amide bonds. The van der Waals surface area contributed by atoms with E-state index in [1.165, 1.54) is 64.2 Å². The van der Waals surface area contributed by atoms with Gasteiger partial charge in [-0.05, 0) is 48.9 Å². The van der Waals surface area contributed by atoms with E-state index in [4.69, 9.17) is 9.47 Å². The molecule has 0 saturated carbocycles. The van der Waals surface area contributed by atoms with Gasteiger partial charge < -0.3 is 9.47 Å². The highest BCUT2D eigenvalue weighted by molar-refractivity contribution is 5.68. The van der Waals surface area contributed by atoms with Gasteiger partial charge in [-0.1, -0.05) is 114 Å². The van der Waals surface area contributed by atoms with Crippen LogP contribution in [0.3, 0.4) is 0 Å². The van der Waals surface area contributed by atoms with E-state index in [2.05, 4.69) is 13.8 Å². The van der Waals surface area contributed by atoms with E-state index >= 15 is 0 Å². The second kappa shape index (κ2) is 16.4. The Morgan fingerprint density at radius 2 is 0.938 bits per heavy atom. The molecule has 0 spiro atoms. The van der Waals surface area contributed by atoms with Crippen molar-refractivity contribution in [1.82, 2.24) is 0 Å². The van der Waals surface area contributed by atoms with Crippen molar-refractivity contribution in [3.8, 4) is 11.5 Å². The van der Waals surface area contributed by atoms with Crippen LogP contribution in [-0.2, 0) is 12.8 Å². The fraction of sp³-hybridized carbons (Fsp3) is 0.552. The molecule has 0 fully saturated rings. The molecule has 0 N–H and O–H groups in total. The van der Waals surface area contributed by atoms with Crippen LogP contribution < -0.4 is 9.47 Å². The third-order valence-corrected chi connectivity index (χ3v) is 5.93. The summed E-state index contributed by atoms with van der Waals surface area (Å²) in [5.41, 5.74) is 2.14. The van der Waals surface area contributed by atoms with Crippen molar-refractivity contribution in [3.63, 3.8) is 0 Å². The van der Waals surface area contributed by atoms with Crippen molar-refractivity contribution in [3.05, 3.63) is 59.7 Å². The van der Waals surface area contributed by atoms with Gasteiger partial charge >= 0.3 is 6.16 Å². The predicted octanol–water partition coefficient (Wildman–Crippen LogP) is 9.07. The minimum absolute atomic E-state index is 0.611. The molecule has 0 aliphatic rings. The number of benzene rings is 2. The topological polar surface area (TPSA) is 35.5 Å². The number of carbonyl (C=O) groups is 1. The van der Waals surface area contributed by atoms with Crippen molar-refractivity contribution in [2.45, 2.75) is 104 Å². The maximum absolute atomic E-state index is 12.5. The van der Waals surface area contributed by atoms with Crippen molar-refractivity contribution in [2.24, 2.45) is 0 Å². The Morgan fingerprint density at radius 1 is 0.562 bits per heavy atom. The Labute approximate surface area is 195 Å². The van der Waals surface area contributed by atoms with Gasteiger partial charge in [-0.25, -0.2) is 4.79 Å². The molecule has 32 heavy (non-hydrogen) atoms.